The van der Waals surface area contributed by atoms with Crippen LogP contribution in [0.1, 0.15) is 53.9 Å². The van der Waals surface area contributed by atoms with Gasteiger partial charge in [-0.15, -0.1) is 0 Å². The number of hydrogen-bond donors (Lipinski definition) is 2. The summed E-state index contributed by atoms with van der Waals surface area (Å²) in [7, 11) is -1.39. The number of hydrogen-bond acceptors (Lipinski definition) is 6. The Balaban J connectivity index is 1.71. The van der Waals surface area contributed by atoms with Gasteiger partial charge in [-0.1, -0.05) is 43.7 Å². The van der Waals surface area contributed by atoms with Crippen LogP contribution in [0.5, 0.6) is 0 Å². The van der Waals surface area contributed by atoms with Crippen LogP contribution < -0.4 is 14.9 Å². The number of benzene rings is 3. The lowest BCUT2D eigenvalue weighted by Gasteiger charge is -2.24. The molecule has 0 aliphatic carbocycles. The maximum absolute atomic E-state index is 14.3. The van der Waals surface area contributed by atoms with E-state index < -0.39 is 21.7 Å². The van der Waals surface area contributed by atoms with Crippen LogP contribution in [0.25, 0.3) is 10.9 Å². The monoisotopic (exact) mass is 629 g/mol. The molecule has 0 saturated heterocycles. The summed E-state index contributed by atoms with van der Waals surface area (Å²) in [6.07, 6.45) is 4.30. The van der Waals surface area contributed by atoms with Crippen LogP contribution in [0.15, 0.2) is 71.7 Å². The largest absolute Gasteiger partial charge is 0.370 e. The summed E-state index contributed by atoms with van der Waals surface area (Å²) in [6.45, 7) is 9.31. The third kappa shape index (κ3) is 8.26. The Kier molecular flexibility index (Phi) is 11.0. The van der Waals surface area contributed by atoms with Gasteiger partial charge in [0.25, 0.3) is 5.91 Å². The van der Waals surface area contributed by atoms with Crippen LogP contribution in [-0.4, -0.2) is 56.3 Å². The molecule has 0 saturated carbocycles. The minimum atomic E-state index is -3.29. The van der Waals surface area contributed by atoms with E-state index in [1.165, 1.54) is 5.56 Å². The number of aryl methyl sites for hydroxylation is 3. The molecule has 1 aromatic heterocycles. The fourth-order valence-electron chi connectivity index (χ4n) is 5.37. The average molecular weight is 630 g/mol. The van der Waals surface area contributed by atoms with Crippen LogP contribution in [-0.2, 0) is 28.3 Å². The van der Waals surface area contributed by atoms with Gasteiger partial charge in [-0.25, -0.2) is 18.1 Å². The maximum Gasteiger partial charge on any atom is 0.278 e. The van der Waals surface area contributed by atoms with Gasteiger partial charge in [-0.05, 0) is 81.1 Å². The van der Waals surface area contributed by atoms with Gasteiger partial charge in [0.2, 0.25) is 15.8 Å². The molecule has 10 heteroatoms. The number of sulfonamides is 1. The number of anilines is 2. The van der Waals surface area contributed by atoms with Crippen molar-refractivity contribution in [3.05, 3.63) is 89.1 Å². The van der Waals surface area contributed by atoms with Gasteiger partial charge in [0.1, 0.15) is 0 Å². The molecule has 9 nitrogen and oxygen atoms in total. The highest BCUT2D eigenvalue weighted by molar-refractivity contribution is 7.88. The van der Waals surface area contributed by atoms with E-state index in [-0.39, 0.29) is 12.3 Å². The third-order valence-corrected chi connectivity index (χ3v) is 8.72. The number of carbonyl (C=O) groups excluding carboxylic acids is 2. The lowest BCUT2D eigenvalue weighted by atomic mass is 10.0. The van der Waals surface area contributed by atoms with E-state index in [4.69, 9.17) is 4.99 Å². The minimum absolute atomic E-state index is 0.204. The molecular formula is C35H43N5O4S. The second-order valence-corrected chi connectivity index (χ2v) is 13.1. The van der Waals surface area contributed by atoms with E-state index in [0.717, 1.165) is 53.4 Å². The molecule has 45 heavy (non-hydrogen) atoms. The Morgan fingerprint density at radius 3 is 2.33 bits per heavy atom. The van der Waals surface area contributed by atoms with Gasteiger partial charge in [-0.3, -0.25) is 9.59 Å². The highest BCUT2D eigenvalue weighted by atomic mass is 32.2. The first-order valence-electron chi connectivity index (χ1n) is 15.3. The summed E-state index contributed by atoms with van der Waals surface area (Å²) in [5.74, 6) is -1.04. The second-order valence-electron chi connectivity index (χ2n) is 11.3. The topological polar surface area (TPSA) is 113 Å². The summed E-state index contributed by atoms with van der Waals surface area (Å²) in [5, 5.41) is 3.66. The molecule has 0 radical (unpaired) electrons. The van der Waals surface area contributed by atoms with Crippen molar-refractivity contribution in [2.75, 3.05) is 36.1 Å². The zero-order valence-corrected chi connectivity index (χ0v) is 27.8. The lowest BCUT2D eigenvalue weighted by molar-refractivity contribution is -0.110. The highest BCUT2D eigenvalue weighted by Gasteiger charge is 2.28. The fraction of sp³-hybridized carbons (Fsp3) is 0.343. The number of ketones is 1. The van der Waals surface area contributed by atoms with Gasteiger partial charge in [0.05, 0.1) is 17.5 Å². The van der Waals surface area contributed by atoms with Gasteiger partial charge in [0.15, 0.2) is 5.71 Å². The first-order valence-corrected chi connectivity index (χ1v) is 17.2. The zero-order chi connectivity index (χ0) is 32.7. The summed E-state index contributed by atoms with van der Waals surface area (Å²) in [4.78, 5) is 34.9. The number of nitrogens with zero attached hydrogens (tertiary/aromatic N) is 3. The van der Waals surface area contributed by atoms with E-state index in [9.17, 15) is 18.0 Å². The van der Waals surface area contributed by atoms with Crippen LogP contribution in [0, 0.1) is 13.8 Å². The SMILES string of the molecule is CCCCc1ccc(NC(=O)C(=Nc2ccc(N(CC)CCNS(C)(=O)=O)cc2C)C(=O)c2c(C)n(C)c3ccccc23)cc1. The van der Waals surface area contributed by atoms with Crippen molar-refractivity contribution in [2.24, 2.45) is 12.0 Å². The summed E-state index contributed by atoms with van der Waals surface area (Å²) in [6, 6.07) is 20.9. The fourth-order valence-corrected chi connectivity index (χ4v) is 5.84. The number of amides is 1. The quantitative estimate of drug-likeness (QED) is 0.0994. The van der Waals surface area contributed by atoms with Gasteiger partial charge in [0, 0.05) is 54.7 Å². The molecule has 0 unspecified atom stereocenters. The zero-order valence-electron chi connectivity index (χ0n) is 27.0. The Bertz CT molecular complexity index is 1820. The first-order chi connectivity index (χ1) is 21.4. The molecule has 4 aromatic rings. The molecular weight excluding hydrogens is 586 g/mol. The smallest absolute Gasteiger partial charge is 0.278 e. The number of rotatable bonds is 14. The summed E-state index contributed by atoms with van der Waals surface area (Å²) in [5.41, 5.74) is 5.81. The number of nitrogens with one attached hydrogen (secondary N) is 2. The molecule has 0 spiro atoms. The predicted octanol–water partition coefficient (Wildman–Crippen LogP) is 6.11. The van der Waals surface area contributed by atoms with E-state index >= 15 is 0 Å². The van der Waals surface area contributed by atoms with Crippen molar-refractivity contribution >= 4 is 55.4 Å². The van der Waals surface area contributed by atoms with Crippen LogP contribution in [0.4, 0.5) is 17.1 Å². The normalized spacial score (nSPS) is 12.0. The van der Waals surface area contributed by atoms with Crippen LogP contribution >= 0.6 is 0 Å². The van der Waals surface area contributed by atoms with Crippen molar-refractivity contribution in [3.8, 4) is 0 Å². The number of unbranched alkanes of at least 4 members (excludes halogenated alkanes) is 1. The second kappa shape index (κ2) is 14.7. The van der Waals surface area contributed by atoms with Crippen molar-refractivity contribution < 1.29 is 18.0 Å². The van der Waals surface area contributed by atoms with Gasteiger partial charge >= 0.3 is 0 Å². The third-order valence-electron chi connectivity index (χ3n) is 7.99. The Morgan fingerprint density at radius 1 is 0.978 bits per heavy atom. The highest BCUT2D eigenvalue weighted by Crippen LogP contribution is 2.29. The molecule has 238 valence electrons. The lowest BCUT2D eigenvalue weighted by Crippen LogP contribution is -2.34. The molecule has 0 aliphatic rings. The molecule has 1 heterocycles. The van der Waals surface area contributed by atoms with Crippen molar-refractivity contribution in [1.29, 1.82) is 0 Å². The number of fused-ring (bicyclic) bond motifs is 1. The van der Waals surface area contributed by atoms with Gasteiger partial charge in [-0.2, -0.15) is 0 Å². The first kappa shape index (κ1) is 33.6. The standard InChI is InChI=1S/C35H43N5O4S/c1-7-9-12-26-15-17-27(18-16-26)37-35(42)33(34(41)32-25(4)39(5)31-14-11-10-13-29(31)32)38-30-20-19-28(23-24(30)3)40(8-2)22-21-36-45(6,43)44/h10-11,13-20,23,36H,7-9,12,21-22H2,1-6H3,(H,37,42). The molecule has 0 fully saturated rings. The van der Waals surface area contributed by atoms with Crippen molar-refractivity contribution in [3.63, 3.8) is 0 Å². The number of para-hydroxylation sites is 1. The molecule has 2 N–H and O–H groups in total. The maximum atomic E-state index is 14.3. The van der Waals surface area contributed by atoms with Crippen molar-refractivity contribution in [1.82, 2.24) is 9.29 Å². The summed E-state index contributed by atoms with van der Waals surface area (Å²) >= 11 is 0. The number of aromatic nitrogens is 1. The predicted molar refractivity (Wildman–Crippen MR) is 185 cm³/mol. The van der Waals surface area contributed by atoms with Gasteiger partial charge < -0.3 is 14.8 Å². The molecule has 3 aromatic carbocycles. The van der Waals surface area contributed by atoms with Crippen molar-refractivity contribution in [2.45, 2.75) is 47.0 Å². The van der Waals surface area contributed by atoms with E-state index in [1.807, 2.05) is 97.9 Å². The number of carbonyl (C=O) groups is 2. The number of Topliss-reactive ketones (excluding diaryl/α,β-unsaturated/α-hetero) is 1. The molecule has 0 atom stereocenters. The Morgan fingerprint density at radius 2 is 1.69 bits per heavy atom. The van der Waals surface area contributed by atoms with Crippen LogP contribution in [0.2, 0.25) is 0 Å². The van der Waals surface area contributed by atoms with E-state index in [0.29, 0.717) is 30.0 Å². The Labute approximate surface area is 266 Å². The minimum Gasteiger partial charge on any atom is -0.370 e. The Hall–Kier alpha value is -4.28. The number of aliphatic imine (C=N–C) groups is 1. The molecule has 1 amide bonds. The number of likely N-dealkylation sites (N-methyl/N-ethyl adjacent to an activating group) is 1. The molecule has 0 bridgehead atoms. The average Bonchev–Trinajstić information content (AvgIpc) is 3.26. The van der Waals surface area contributed by atoms with Crippen LogP contribution in [0.3, 0.4) is 0 Å². The molecule has 4 rings (SSSR count). The van der Waals surface area contributed by atoms with E-state index in [1.54, 1.807) is 6.07 Å². The molecule has 0 aliphatic heterocycles. The van der Waals surface area contributed by atoms with E-state index in [2.05, 4.69) is 17.0 Å². The summed E-state index contributed by atoms with van der Waals surface area (Å²) < 4.78 is 27.5.